The highest BCUT2D eigenvalue weighted by Crippen LogP contribution is 2.44. The number of ether oxygens (including phenoxy) is 1. The number of aromatic nitrogens is 2. The van der Waals surface area contributed by atoms with Crippen LogP contribution in [0.15, 0.2) is 24.4 Å². The number of piperidine rings is 1. The van der Waals surface area contributed by atoms with Crippen molar-refractivity contribution in [3.8, 4) is 5.75 Å². The van der Waals surface area contributed by atoms with Crippen LogP contribution in [0.3, 0.4) is 0 Å². The summed E-state index contributed by atoms with van der Waals surface area (Å²) in [5.41, 5.74) is 3.57. The summed E-state index contributed by atoms with van der Waals surface area (Å²) >= 11 is 0. The second kappa shape index (κ2) is 5.64. The number of hydrogen-bond donors (Lipinski definition) is 1. The monoisotopic (exact) mass is 315 g/mol. The van der Waals surface area contributed by atoms with Gasteiger partial charge in [-0.25, -0.2) is 4.39 Å². The summed E-state index contributed by atoms with van der Waals surface area (Å²) in [5.74, 6) is 0.559. The van der Waals surface area contributed by atoms with Gasteiger partial charge in [0.15, 0.2) is 0 Å². The molecule has 0 bridgehead atoms. The van der Waals surface area contributed by atoms with Crippen LogP contribution in [0.1, 0.15) is 36.1 Å². The summed E-state index contributed by atoms with van der Waals surface area (Å²) < 4.78 is 19.4. The lowest BCUT2D eigenvalue weighted by atomic mass is 9.77. The predicted molar refractivity (Wildman–Crippen MR) is 86.0 cm³/mol. The SMILES string of the molecule is COc1ccc(F)c(CN2CCCC3(CCc4cn[nH]c43)C2)c1. The maximum absolute atomic E-state index is 14.1. The van der Waals surface area contributed by atoms with Crippen LogP contribution in [0, 0.1) is 5.82 Å². The van der Waals surface area contributed by atoms with Crippen LogP contribution in [-0.4, -0.2) is 35.3 Å². The number of methoxy groups -OCH3 is 1. The Kier molecular flexibility index (Phi) is 3.60. The molecule has 1 unspecified atom stereocenters. The number of aromatic amines is 1. The molecule has 0 radical (unpaired) electrons. The lowest BCUT2D eigenvalue weighted by molar-refractivity contribution is 0.135. The van der Waals surface area contributed by atoms with Crippen molar-refractivity contribution in [2.24, 2.45) is 0 Å². The molecule has 2 heterocycles. The van der Waals surface area contributed by atoms with Crippen LogP contribution >= 0.6 is 0 Å². The number of H-pyrrole nitrogens is 1. The van der Waals surface area contributed by atoms with Crippen LogP contribution in [0.2, 0.25) is 0 Å². The number of benzene rings is 1. The van der Waals surface area contributed by atoms with Crippen LogP contribution in [0.25, 0.3) is 0 Å². The summed E-state index contributed by atoms with van der Waals surface area (Å²) in [5, 5.41) is 7.44. The van der Waals surface area contributed by atoms with Crippen molar-refractivity contribution in [1.82, 2.24) is 15.1 Å². The second-order valence-electron chi connectivity index (χ2n) is 6.82. The summed E-state index contributed by atoms with van der Waals surface area (Å²) in [6.45, 7) is 2.62. The predicted octanol–water partition coefficient (Wildman–Crippen LogP) is 3.04. The number of halogens is 1. The lowest BCUT2D eigenvalue weighted by Gasteiger charge is -2.40. The van der Waals surface area contributed by atoms with E-state index in [-0.39, 0.29) is 11.2 Å². The molecule has 0 saturated carbocycles. The van der Waals surface area contributed by atoms with E-state index in [9.17, 15) is 4.39 Å². The number of likely N-dealkylation sites (tertiary alicyclic amines) is 1. The highest BCUT2D eigenvalue weighted by atomic mass is 19.1. The summed E-state index contributed by atoms with van der Waals surface area (Å²) in [4.78, 5) is 2.37. The molecule has 1 aliphatic carbocycles. The molecule has 0 amide bonds. The van der Waals surface area contributed by atoms with Gasteiger partial charge in [0.25, 0.3) is 0 Å². The first kappa shape index (κ1) is 14.7. The highest BCUT2D eigenvalue weighted by Gasteiger charge is 2.43. The van der Waals surface area contributed by atoms with Gasteiger partial charge >= 0.3 is 0 Å². The summed E-state index contributed by atoms with van der Waals surface area (Å²) in [6, 6.07) is 4.98. The van der Waals surface area contributed by atoms with Crippen molar-refractivity contribution in [1.29, 1.82) is 0 Å². The van der Waals surface area contributed by atoms with E-state index in [0.717, 1.165) is 25.9 Å². The molecule has 5 heteroatoms. The Morgan fingerprint density at radius 2 is 2.30 bits per heavy atom. The molecule has 1 saturated heterocycles. The maximum atomic E-state index is 14.1. The average Bonchev–Trinajstić information content (AvgIpc) is 3.15. The third-order valence-electron chi connectivity index (χ3n) is 5.42. The van der Waals surface area contributed by atoms with Crippen molar-refractivity contribution in [3.63, 3.8) is 0 Å². The van der Waals surface area contributed by atoms with Gasteiger partial charge in [0.1, 0.15) is 11.6 Å². The van der Waals surface area contributed by atoms with E-state index in [0.29, 0.717) is 17.9 Å². The highest BCUT2D eigenvalue weighted by molar-refractivity contribution is 5.34. The number of nitrogens with one attached hydrogen (secondary N) is 1. The van der Waals surface area contributed by atoms with Crippen LogP contribution in [-0.2, 0) is 18.4 Å². The van der Waals surface area contributed by atoms with Gasteiger partial charge in [-0.2, -0.15) is 5.10 Å². The third kappa shape index (κ3) is 2.53. The number of nitrogens with zero attached hydrogens (tertiary/aromatic N) is 2. The van der Waals surface area contributed by atoms with Crippen LogP contribution < -0.4 is 4.74 Å². The molecule has 1 aromatic heterocycles. The lowest BCUT2D eigenvalue weighted by Crippen LogP contribution is -2.44. The van der Waals surface area contributed by atoms with Gasteiger partial charge in [-0.05, 0) is 56.0 Å². The average molecular weight is 315 g/mol. The first-order valence-corrected chi connectivity index (χ1v) is 8.28. The minimum atomic E-state index is -0.154. The fourth-order valence-electron chi connectivity index (χ4n) is 4.27. The number of fused-ring (bicyclic) bond motifs is 2. The Bertz CT molecular complexity index is 714. The molecular formula is C18H22FN3O. The molecule has 23 heavy (non-hydrogen) atoms. The largest absolute Gasteiger partial charge is 0.497 e. The van der Waals surface area contributed by atoms with E-state index in [1.807, 2.05) is 12.3 Å². The van der Waals surface area contributed by atoms with Gasteiger partial charge < -0.3 is 4.74 Å². The van der Waals surface area contributed by atoms with Gasteiger partial charge in [-0.3, -0.25) is 10.00 Å². The van der Waals surface area contributed by atoms with E-state index >= 15 is 0 Å². The normalized spacial score (nSPS) is 24.1. The Labute approximate surface area is 135 Å². The molecule has 1 aromatic carbocycles. The van der Waals surface area contributed by atoms with Crippen molar-refractivity contribution in [2.45, 2.75) is 37.6 Å². The number of aryl methyl sites for hydroxylation is 1. The zero-order chi connectivity index (χ0) is 15.9. The smallest absolute Gasteiger partial charge is 0.127 e. The van der Waals surface area contributed by atoms with Gasteiger partial charge in [0.05, 0.1) is 13.3 Å². The van der Waals surface area contributed by atoms with E-state index in [4.69, 9.17) is 4.74 Å². The molecule has 1 spiro atoms. The van der Waals surface area contributed by atoms with Crippen LogP contribution in [0.5, 0.6) is 5.75 Å². The number of hydrogen-bond acceptors (Lipinski definition) is 3. The van der Waals surface area contributed by atoms with Gasteiger partial charge in [-0.1, -0.05) is 0 Å². The molecule has 122 valence electrons. The van der Waals surface area contributed by atoms with Crippen molar-refractivity contribution >= 4 is 0 Å². The molecular weight excluding hydrogens is 293 g/mol. The third-order valence-corrected chi connectivity index (χ3v) is 5.42. The zero-order valence-corrected chi connectivity index (χ0v) is 13.4. The van der Waals surface area contributed by atoms with Crippen molar-refractivity contribution in [3.05, 3.63) is 47.0 Å². The standard InChI is InChI=1S/C18H22FN3O/c1-23-15-3-4-16(19)14(9-15)11-22-8-2-6-18(12-22)7-5-13-10-20-21-17(13)18/h3-4,9-10H,2,5-8,11-12H2,1H3,(H,20,21). The summed E-state index contributed by atoms with van der Waals surface area (Å²) in [6.07, 6.45) is 6.58. The van der Waals surface area contributed by atoms with Gasteiger partial charge in [-0.15, -0.1) is 0 Å². The minimum Gasteiger partial charge on any atom is -0.497 e. The van der Waals surface area contributed by atoms with Crippen molar-refractivity contribution < 1.29 is 9.13 Å². The molecule has 1 fully saturated rings. The fraction of sp³-hybridized carbons (Fsp3) is 0.500. The zero-order valence-electron chi connectivity index (χ0n) is 13.4. The Hall–Kier alpha value is -1.88. The Morgan fingerprint density at radius 3 is 3.17 bits per heavy atom. The van der Waals surface area contributed by atoms with E-state index < -0.39 is 0 Å². The Balaban J connectivity index is 1.55. The van der Waals surface area contributed by atoms with Crippen molar-refractivity contribution in [2.75, 3.05) is 20.2 Å². The molecule has 2 aromatic rings. The first-order chi connectivity index (χ1) is 11.2. The van der Waals surface area contributed by atoms with Gasteiger partial charge in [0.2, 0.25) is 0 Å². The topological polar surface area (TPSA) is 41.1 Å². The van der Waals surface area contributed by atoms with E-state index in [1.54, 1.807) is 13.2 Å². The van der Waals surface area contributed by atoms with Gasteiger partial charge in [0, 0.05) is 29.8 Å². The summed E-state index contributed by atoms with van der Waals surface area (Å²) in [7, 11) is 1.62. The quantitative estimate of drug-likeness (QED) is 0.946. The maximum Gasteiger partial charge on any atom is 0.127 e. The Morgan fingerprint density at radius 1 is 1.39 bits per heavy atom. The molecule has 1 aliphatic heterocycles. The molecule has 1 atom stereocenters. The van der Waals surface area contributed by atoms with E-state index in [2.05, 4.69) is 15.1 Å². The fourth-order valence-corrected chi connectivity index (χ4v) is 4.27. The first-order valence-electron chi connectivity index (χ1n) is 8.28. The molecule has 4 rings (SSSR count). The van der Waals surface area contributed by atoms with Crippen LogP contribution in [0.4, 0.5) is 4.39 Å². The number of rotatable bonds is 3. The molecule has 4 nitrogen and oxygen atoms in total. The molecule has 1 N–H and O–H groups in total. The van der Waals surface area contributed by atoms with E-state index in [1.165, 1.54) is 30.2 Å². The minimum absolute atomic E-state index is 0.154. The second-order valence-corrected chi connectivity index (χ2v) is 6.82. The molecule has 2 aliphatic rings.